The Hall–Kier alpha value is -0.0800. The first-order valence-corrected chi connectivity index (χ1v) is 9.17. The van der Waals surface area contributed by atoms with E-state index in [9.17, 15) is 0 Å². The monoisotopic (exact) mass is 287 g/mol. The molecule has 0 atom stereocenters. The molecule has 20 heavy (non-hydrogen) atoms. The van der Waals surface area contributed by atoms with Gasteiger partial charge in [0.1, 0.15) is 0 Å². The smallest absolute Gasteiger partial charge is 0.0533 e. The lowest BCUT2D eigenvalue weighted by Gasteiger charge is -2.03. The number of hydrogen-bond acceptors (Lipinski definition) is 2. The van der Waals surface area contributed by atoms with Crippen LogP contribution in [0.1, 0.15) is 117 Å². The van der Waals surface area contributed by atoms with Gasteiger partial charge in [-0.3, -0.25) is 0 Å². The van der Waals surface area contributed by atoms with Gasteiger partial charge in [-0.25, -0.2) is 5.90 Å². The SMILES string of the molecule is CCCCCCCCCCCCCCCCCC.NO. The minimum absolute atomic E-state index is 1.37. The van der Waals surface area contributed by atoms with Gasteiger partial charge in [0.05, 0.1) is 0 Å². The highest BCUT2D eigenvalue weighted by atomic mass is 16.4. The van der Waals surface area contributed by atoms with Crippen LogP contribution in [0.15, 0.2) is 0 Å². The summed E-state index contributed by atoms with van der Waals surface area (Å²) in [6, 6.07) is 0. The van der Waals surface area contributed by atoms with Crippen molar-refractivity contribution >= 4 is 0 Å². The standard InChI is InChI=1S/C18H38.H3NO/c1-3-5-7-9-11-13-15-17-18-16-14-12-10-8-6-4-2;1-2/h3-18H2,1-2H3;2H,1H2. The quantitative estimate of drug-likeness (QED) is 0.263. The van der Waals surface area contributed by atoms with Crippen molar-refractivity contribution in [3.63, 3.8) is 0 Å². The van der Waals surface area contributed by atoms with E-state index in [4.69, 9.17) is 5.21 Å². The van der Waals surface area contributed by atoms with E-state index in [0.717, 1.165) is 0 Å². The molecule has 0 bridgehead atoms. The molecule has 0 fully saturated rings. The minimum Gasteiger partial charge on any atom is -0.320 e. The fourth-order valence-electron chi connectivity index (χ4n) is 2.62. The zero-order chi connectivity index (χ0) is 15.3. The van der Waals surface area contributed by atoms with Gasteiger partial charge in [0.15, 0.2) is 0 Å². The van der Waals surface area contributed by atoms with Crippen molar-refractivity contribution in [1.29, 1.82) is 0 Å². The Balaban J connectivity index is 0. The molecule has 0 spiro atoms. The van der Waals surface area contributed by atoms with Crippen molar-refractivity contribution in [2.24, 2.45) is 5.90 Å². The fraction of sp³-hybridized carbons (Fsp3) is 1.00. The van der Waals surface area contributed by atoms with Crippen molar-refractivity contribution < 1.29 is 5.21 Å². The molecule has 0 aromatic rings. The van der Waals surface area contributed by atoms with Crippen LogP contribution in [0.4, 0.5) is 0 Å². The molecule has 0 aliphatic heterocycles. The highest BCUT2D eigenvalue weighted by Crippen LogP contribution is 2.13. The predicted octanol–water partition coefficient (Wildman–Crippen LogP) is 6.60. The second-order valence-corrected chi connectivity index (χ2v) is 5.95. The zero-order valence-electron chi connectivity index (χ0n) is 14.3. The molecule has 0 saturated heterocycles. The molecule has 0 aliphatic rings. The van der Waals surface area contributed by atoms with Crippen LogP contribution in [0, 0.1) is 0 Å². The lowest BCUT2D eigenvalue weighted by Crippen LogP contribution is -1.83. The minimum atomic E-state index is 1.37. The second kappa shape index (κ2) is 24.0. The summed E-state index contributed by atoms with van der Waals surface area (Å²) in [6.45, 7) is 4.59. The summed E-state index contributed by atoms with van der Waals surface area (Å²) in [5.74, 6) is 3.50. The van der Waals surface area contributed by atoms with Gasteiger partial charge in [0.2, 0.25) is 0 Å². The Morgan fingerprint density at radius 1 is 0.400 bits per heavy atom. The summed E-state index contributed by atoms with van der Waals surface area (Å²) in [5.41, 5.74) is 0. The van der Waals surface area contributed by atoms with Gasteiger partial charge >= 0.3 is 0 Å². The van der Waals surface area contributed by atoms with Crippen molar-refractivity contribution in [2.75, 3.05) is 0 Å². The maximum Gasteiger partial charge on any atom is -0.0533 e. The van der Waals surface area contributed by atoms with Crippen molar-refractivity contribution in [3.8, 4) is 0 Å². The average molecular weight is 288 g/mol. The van der Waals surface area contributed by atoms with Gasteiger partial charge in [-0.2, -0.15) is 0 Å². The van der Waals surface area contributed by atoms with E-state index in [1.165, 1.54) is 103 Å². The van der Waals surface area contributed by atoms with Crippen molar-refractivity contribution in [2.45, 2.75) is 117 Å². The van der Waals surface area contributed by atoms with Crippen LogP contribution < -0.4 is 5.90 Å². The summed E-state index contributed by atoms with van der Waals surface area (Å²) in [4.78, 5) is 0. The van der Waals surface area contributed by atoms with Gasteiger partial charge in [-0.05, 0) is 0 Å². The van der Waals surface area contributed by atoms with Crippen LogP contribution in [0.2, 0.25) is 0 Å². The largest absolute Gasteiger partial charge is 0.320 e. The molecule has 0 rings (SSSR count). The highest BCUT2D eigenvalue weighted by Gasteiger charge is 1.93. The third kappa shape index (κ3) is 23.0. The van der Waals surface area contributed by atoms with E-state index >= 15 is 0 Å². The molecule has 2 nitrogen and oxygen atoms in total. The number of hydrogen-bond donors (Lipinski definition) is 2. The van der Waals surface area contributed by atoms with Crippen LogP contribution in [0.5, 0.6) is 0 Å². The number of rotatable bonds is 15. The summed E-state index contributed by atoms with van der Waals surface area (Å²) < 4.78 is 0. The molecule has 3 N–H and O–H groups in total. The molecule has 0 unspecified atom stereocenters. The van der Waals surface area contributed by atoms with Gasteiger partial charge < -0.3 is 5.21 Å². The van der Waals surface area contributed by atoms with E-state index in [1.54, 1.807) is 0 Å². The summed E-state index contributed by atoms with van der Waals surface area (Å²) in [6.07, 6.45) is 23.4. The Morgan fingerprint density at radius 2 is 0.550 bits per heavy atom. The topological polar surface area (TPSA) is 46.2 Å². The molecule has 0 heterocycles. The number of unbranched alkanes of at least 4 members (excludes halogenated alkanes) is 15. The Kier molecular flexibility index (Phi) is 26.6. The molecule has 2 heteroatoms. The van der Waals surface area contributed by atoms with E-state index < -0.39 is 0 Å². The van der Waals surface area contributed by atoms with Crippen LogP contribution in [0.25, 0.3) is 0 Å². The Morgan fingerprint density at radius 3 is 0.700 bits per heavy atom. The Bertz CT molecular complexity index is 123. The summed E-state index contributed by atoms with van der Waals surface area (Å²) in [7, 11) is 0. The van der Waals surface area contributed by atoms with Crippen LogP contribution in [0.3, 0.4) is 0 Å². The molecule has 0 aliphatic carbocycles. The summed E-state index contributed by atoms with van der Waals surface area (Å²) >= 11 is 0. The molecular weight excluding hydrogens is 246 g/mol. The molecule has 0 aromatic carbocycles. The van der Waals surface area contributed by atoms with E-state index in [2.05, 4.69) is 19.7 Å². The maximum atomic E-state index is 6.50. The average Bonchev–Trinajstić information content (AvgIpc) is 2.50. The molecule has 0 saturated carbocycles. The van der Waals surface area contributed by atoms with Crippen LogP contribution in [-0.4, -0.2) is 5.21 Å². The third-order valence-electron chi connectivity index (χ3n) is 3.96. The maximum absolute atomic E-state index is 6.50. The van der Waals surface area contributed by atoms with E-state index in [-0.39, 0.29) is 0 Å². The lowest BCUT2D eigenvalue weighted by molar-refractivity contribution is 0.311. The normalized spacial score (nSPS) is 10.2. The van der Waals surface area contributed by atoms with Gasteiger partial charge in [-0.1, -0.05) is 117 Å². The van der Waals surface area contributed by atoms with Crippen LogP contribution >= 0.6 is 0 Å². The molecule has 124 valence electrons. The first kappa shape index (κ1) is 22.2. The van der Waals surface area contributed by atoms with Gasteiger partial charge in [0, 0.05) is 0 Å². The van der Waals surface area contributed by atoms with Gasteiger partial charge in [-0.15, -0.1) is 0 Å². The first-order chi connectivity index (χ1) is 9.91. The number of nitrogens with two attached hydrogens (primary N) is 1. The van der Waals surface area contributed by atoms with Crippen molar-refractivity contribution in [3.05, 3.63) is 0 Å². The highest BCUT2D eigenvalue weighted by molar-refractivity contribution is 4.49. The molecule has 0 radical (unpaired) electrons. The van der Waals surface area contributed by atoms with E-state index in [0.29, 0.717) is 0 Å². The zero-order valence-corrected chi connectivity index (χ0v) is 14.3. The Labute approximate surface area is 128 Å². The fourth-order valence-corrected chi connectivity index (χ4v) is 2.62. The first-order valence-electron chi connectivity index (χ1n) is 9.17. The molecule has 0 aromatic heterocycles. The third-order valence-corrected chi connectivity index (χ3v) is 3.96. The van der Waals surface area contributed by atoms with Gasteiger partial charge in [0.25, 0.3) is 0 Å². The molecule has 0 amide bonds. The molecular formula is C18H41NO. The summed E-state index contributed by atoms with van der Waals surface area (Å²) in [5, 5.41) is 6.50. The van der Waals surface area contributed by atoms with E-state index in [1.807, 2.05) is 0 Å². The van der Waals surface area contributed by atoms with Crippen molar-refractivity contribution in [1.82, 2.24) is 0 Å². The second-order valence-electron chi connectivity index (χ2n) is 5.95. The van der Waals surface area contributed by atoms with Crippen LogP contribution in [-0.2, 0) is 0 Å². The predicted molar refractivity (Wildman–Crippen MR) is 91.2 cm³/mol. The lowest BCUT2D eigenvalue weighted by atomic mass is 10.0.